The highest BCUT2D eigenvalue weighted by Gasteiger charge is 2.14. The van der Waals surface area contributed by atoms with Crippen LogP contribution in [-0.2, 0) is 13.0 Å². The number of hydrogen-bond acceptors (Lipinski definition) is 4. The number of aromatic nitrogens is 1. The smallest absolute Gasteiger partial charge is 0.117 e. The monoisotopic (exact) mass is 377 g/mol. The van der Waals surface area contributed by atoms with Crippen LogP contribution in [-0.4, -0.2) is 18.1 Å². The normalized spacial score (nSPS) is 15.1. The Labute approximate surface area is 167 Å². The molecule has 1 saturated carbocycles. The molecule has 28 heavy (non-hydrogen) atoms. The summed E-state index contributed by atoms with van der Waals surface area (Å²) < 4.78 is 5.33. The van der Waals surface area contributed by atoms with Gasteiger partial charge in [0, 0.05) is 23.8 Å². The summed E-state index contributed by atoms with van der Waals surface area (Å²) in [7, 11) is 0. The number of nitrogens with zero attached hydrogens (tertiary/aromatic N) is 1. The van der Waals surface area contributed by atoms with Crippen molar-refractivity contribution in [2.24, 2.45) is 5.92 Å². The van der Waals surface area contributed by atoms with Crippen LogP contribution in [0.25, 0.3) is 10.9 Å². The molecule has 0 aliphatic heterocycles. The lowest BCUT2D eigenvalue weighted by molar-refractivity contribution is 0.357. The molecule has 0 atom stereocenters. The van der Waals surface area contributed by atoms with Crippen molar-refractivity contribution in [3.63, 3.8) is 0 Å². The van der Waals surface area contributed by atoms with E-state index in [0.29, 0.717) is 0 Å². The lowest BCUT2D eigenvalue weighted by Gasteiger charge is -2.21. The van der Waals surface area contributed by atoms with Crippen LogP contribution in [0.2, 0.25) is 0 Å². The van der Waals surface area contributed by atoms with Gasteiger partial charge in [0.1, 0.15) is 5.76 Å². The predicted molar refractivity (Wildman–Crippen MR) is 116 cm³/mol. The molecular formula is C24H31N3O. The quantitative estimate of drug-likeness (QED) is 0.481. The van der Waals surface area contributed by atoms with Crippen LogP contribution in [0.15, 0.2) is 53.3 Å². The van der Waals surface area contributed by atoms with E-state index in [1.54, 1.807) is 6.26 Å². The van der Waals surface area contributed by atoms with Gasteiger partial charge in [-0.05, 0) is 55.1 Å². The molecule has 2 heterocycles. The summed E-state index contributed by atoms with van der Waals surface area (Å²) in [4.78, 5) is 4.62. The van der Waals surface area contributed by atoms with Gasteiger partial charge >= 0.3 is 0 Å². The Morgan fingerprint density at radius 3 is 2.82 bits per heavy atom. The summed E-state index contributed by atoms with van der Waals surface area (Å²) in [5.41, 5.74) is 3.72. The number of furan rings is 1. The number of nitrogens with one attached hydrogen (secondary N) is 2. The minimum absolute atomic E-state index is 0.787. The maximum Gasteiger partial charge on any atom is 0.117 e. The topological polar surface area (TPSA) is 50.1 Å². The fourth-order valence-corrected chi connectivity index (χ4v) is 4.26. The molecule has 0 bridgehead atoms. The van der Waals surface area contributed by atoms with E-state index >= 15 is 0 Å². The molecule has 4 nitrogen and oxygen atoms in total. The minimum Gasteiger partial charge on any atom is -0.468 e. The first-order valence-corrected chi connectivity index (χ1v) is 10.7. The molecule has 1 aliphatic carbocycles. The zero-order valence-electron chi connectivity index (χ0n) is 16.6. The first-order valence-electron chi connectivity index (χ1n) is 10.7. The Bertz CT molecular complexity index is 853. The second-order valence-electron chi connectivity index (χ2n) is 7.95. The Balaban J connectivity index is 1.28. The minimum atomic E-state index is 0.787. The largest absolute Gasteiger partial charge is 0.468 e. The van der Waals surface area contributed by atoms with Gasteiger partial charge < -0.3 is 15.1 Å². The molecule has 1 aromatic carbocycles. The number of fused-ring (bicyclic) bond motifs is 1. The number of hydrogen-bond donors (Lipinski definition) is 2. The Hall–Kier alpha value is -2.33. The third-order valence-electron chi connectivity index (χ3n) is 5.78. The van der Waals surface area contributed by atoms with Crippen LogP contribution in [0, 0.1) is 5.92 Å². The van der Waals surface area contributed by atoms with Gasteiger partial charge in [-0.15, -0.1) is 0 Å². The Kier molecular flexibility index (Phi) is 6.61. The van der Waals surface area contributed by atoms with Gasteiger partial charge in [0.25, 0.3) is 0 Å². The van der Waals surface area contributed by atoms with Gasteiger partial charge in [-0.25, -0.2) is 0 Å². The van der Waals surface area contributed by atoms with E-state index in [0.717, 1.165) is 43.2 Å². The van der Waals surface area contributed by atoms with Crippen molar-refractivity contribution in [2.75, 3.05) is 18.4 Å². The van der Waals surface area contributed by atoms with E-state index in [2.05, 4.69) is 39.9 Å². The van der Waals surface area contributed by atoms with Crippen molar-refractivity contribution in [1.29, 1.82) is 0 Å². The maximum atomic E-state index is 5.33. The summed E-state index contributed by atoms with van der Waals surface area (Å²) in [6.07, 6.45) is 12.9. The van der Waals surface area contributed by atoms with Crippen molar-refractivity contribution in [1.82, 2.24) is 10.3 Å². The molecule has 2 N–H and O–H groups in total. The van der Waals surface area contributed by atoms with Crippen molar-refractivity contribution in [3.8, 4) is 0 Å². The molecule has 0 spiro atoms. The van der Waals surface area contributed by atoms with E-state index in [1.165, 1.54) is 55.2 Å². The first-order chi connectivity index (χ1) is 13.9. The van der Waals surface area contributed by atoms with Crippen LogP contribution in [0.1, 0.15) is 49.8 Å². The Morgan fingerprint density at radius 2 is 1.96 bits per heavy atom. The zero-order valence-corrected chi connectivity index (χ0v) is 16.6. The van der Waals surface area contributed by atoms with Gasteiger partial charge in [-0.3, -0.25) is 4.98 Å². The van der Waals surface area contributed by atoms with Gasteiger partial charge in [0.15, 0.2) is 0 Å². The van der Waals surface area contributed by atoms with Crippen molar-refractivity contribution < 1.29 is 4.42 Å². The molecule has 148 valence electrons. The molecule has 3 aromatic rings. The van der Waals surface area contributed by atoms with Crippen LogP contribution in [0.4, 0.5) is 5.69 Å². The maximum absolute atomic E-state index is 5.33. The standard InChI is InChI=1S/C24H31N3O/c1-2-6-19(7-3-1)16-20-9-10-22-23(11-14-27-24(22)17-20)26-13-5-12-25-18-21-8-4-15-28-21/h4,8-11,14-15,17,19,25H,1-3,5-7,12-13,16,18H2,(H,26,27). The molecule has 0 unspecified atom stereocenters. The molecule has 1 fully saturated rings. The lowest BCUT2D eigenvalue weighted by atomic mass is 9.85. The number of pyridine rings is 1. The fourth-order valence-electron chi connectivity index (χ4n) is 4.26. The SMILES string of the molecule is c1coc(CNCCCNc2ccnc3cc(CC4CCCCC4)ccc23)c1. The molecule has 4 heteroatoms. The van der Waals surface area contributed by atoms with E-state index in [4.69, 9.17) is 4.42 Å². The number of anilines is 1. The third-order valence-corrected chi connectivity index (χ3v) is 5.78. The molecule has 0 radical (unpaired) electrons. The van der Waals surface area contributed by atoms with Crippen LogP contribution in [0.5, 0.6) is 0 Å². The number of rotatable bonds is 9. The molecule has 0 amide bonds. The summed E-state index contributed by atoms with van der Waals surface area (Å²) in [6.45, 7) is 2.69. The van der Waals surface area contributed by atoms with Crippen LogP contribution < -0.4 is 10.6 Å². The predicted octanol–water partition coefficient (Wildman–Crippen LogP) is 5.54. The van der Waals surface area contributed by atoms with E-state index in [9.17, 15) is 0 Å². The average Bonchev–Trinajstić information content (AvgIpc) is 3.25. The summed E-state index contributed by atoms with van der Waals surface area (Å²) >= 11 is 0. The van der Waals surface area contributed by atoms with Crippen molar-refractivity contribution in [2.45, 2.75) is 51.5 Å². The first kappa shape index (κ1) is 19.0. The van der Waals surface area contributed by atoms with Crippen LogP contribution >= 0.6 is 0 Å². The lowest BCUT2D eigenvalue weighted by Crippen LogP contribution is -2.17. The second-order valence-corrected chi connectivity index (χ2v) is 7.95. The van der Waals surface area contributed by atoms with Gasteiger partial charge in [0.2, 0.25) is 0 Å². The summed E-state index contributed by atoms with van der Waals surface area (Å²) in [6, 6.07) is 12.8. The van der Waals surface area contributed by atoms with Crippen LogP contribution in [0.3, 0.4) is 0 Å². The van der Waals surface area contributed by atoms with E-state index in [-0.39, 0.29) is 0 Å². The molecule has 1 aliphatic rings. The van der Waals surface area contributed by atoms with E-state index < -0.39 is 0 Å². The number of benzene rings is 1. The van der Waals surface area contributed by atoms with Gasteiger partial charge in [-0.1, -0.05) is 44.2 Å². The Morgan fingerprint density at radius 1 is 1.04 bits per heavy atom. The molecule has 2 aromatic heterocycles. The van der Waals surface area contributed by atoms with Gasteiger partial charge in [-0.2, -0.15) is 0 Å². The second kappa shape index (κ2) is 9.74. The van der Waals surface area contributed by atoms with Crippen molar-refractivity contribution >= 4 is 16.6 Å². The highest BCUT2D eigenvalue weighted by molar-refractivity contribution is 5.91. The molecule has 0 saturated heterocycles. The van der Waals surface area contributed by atoms with E-state index in [1.807, 2.05) is 18.3 Å². The molecule has 4 rings (SSSR count). The summed E-state index contributed by atoms with van der Waals surface area (Å²) in [5.74, 6) is 1.85. The van der Waals surface area contributed by atoms with Gasteiger partial charge in [0.05, 0.1) is 18.3 Å². The zero-order chi connectivity index (χ0) is 19.0. The average molecular weight is 378 g/mol. The molecular weight excluding hydrogens is 346 g/mol. The summed E-state index contributed by atoms with van der Waals surface area (Å²) in [5, 5.41) is 8.21. The highest BCUT2D eigenvalue weighted by atomic mass is 16.3. The van der Waals surface area contributed by atoms with Crippen molar-refractivity contribution in [3.05, 3.63) is 60.2 Å². The third kappa shape index (κ3) is 5.14. The highest BCUT2D eigenvalue weighted by Crippen LogP contribution is 2.29. The fraction of sp³-hybridized carbons (Fsp3) is 0.458.